The summed E-state index contributed by atoms with van der Waals surface area (Å²) in [5.41, 5.74) is 2.02. The van der Waals surface area contributed by atoms with E-state index < -0.39 is 0 Å². The lowest BCUT2D eigenvalue weighted by molar-refractivity contribution is -0.129. The first-order valence-electron chi connectivity index (χ1n) is 8.46. The van der Waals surface area contributed by atoms with Crippen LogP contribution in [0.1, 0.15) is 43.8 Å². The number of terminal acetylenes is 1. The zero-order valence-electron chi connectivity index (χ0n) is 13.2. The minimum Gasteiger partial charge on any atom is -0.339 e. The zero-order valence-corrected chi connectivity index (χ0v) is 13.2. The van der Waals surface area contributed by atoms with Crippen molar-refractivity contribution in [3.05, 3.63) is 30.1 Å². The Balaban J connectivity index is 1.68. The maximum atomic E-state index is 12.5. The highest BCUT2D eigenvalue weighted by Gasteiger charge is 2.38. The molecule has 1 saturated carbocycles. The van der Waals surface area contributed by atoms with Crippen LogP contribution < -0.4 is 0 Å². The number of aromatic nitrogens is 2. The monoisotopic (exact) mass is 307 g/mol. The SMILES string of the molecule is C#CCn1c(C2CC(=O)N(C3CCCC3)C2)nc2ccccc21. The van der Waals surface area contributed by atoms with E-state index >= 15 is 0 Å². The lowest BCUT2D eigenvalue weighted by Crippen LogP contribution is -2.34. The first-order valence-corrected chi connectivity index (χ1v) is 8.46. The van der Waals surface area contributed by atoms with Crippen LogP contribution in [0.15, 0.2) is 24.3 Å². The normalized spacial score (nSPS) is 22.1. The molecule has 2 aliphatic rings. The number of hydrogen-bond acceptors (Lipinski definition) is 2. The molecule has 1 unspecified atom stereocenters. The third-order valence-corrected chi connectivity index (χ3v) is 5.22. The van der Waals surface area contributed by atoms with Crippen molar-refractivity contribution in [3.63, 3.8) is 0 Å². The molecule has 0 spiro atoms. The zero-order chi connectivity index (χ0) is 15.8. The van der Waals surface area contributed by atoms with Gasteiger partial charge in [0.25, 0.3) is 0 Å². The Morgan fingerprint density at radius 2 is 2.04 bits per heavy atom. The van der Waals surface area contributed by atoms with Gasteiger partial charge in [-0.15, -0.1) is 6.42 Å². The van der Waals surface area contributed by atoms with Gasteiger partial charge >= 0.3 is 0 Å². The highest BCUT2D eigenvalue weighted by Crippen LogP contribution is 2.34. The van der Waals surface area contributed by atoms with E-state index in [0.717, 1.165) is 36.2 Å². The standard InChI is InChI=1S/C19H21N3O/c1-2-11-21-17-10-6-5-9-16(17)20-19(21)14-12-18(23)22(13-14)15-7-3-4-8-15/h1,5-6,9-10,14-15H,3-4,7-8,11-13H2. The number of carbonyl (C=O) groups is 1. The summed E-state index contributed by atoms with van der Waals surface area (Å²) in [7, 11) is 0. The highest BCUT2D eigenvalue weighted by molar-refractivity contribution is 5.81. The summed E-state index contributed by atoms with van der Waals surface area (Å²) in [5, 5.41) is 0. The molecular formula is C19H21N3O. The van der Waals surface area contributed by atoms with Crippen LogP contribution in [0.2, 0.25) is 0 Å². The minimum atomic E-state index is 0.156. The Morgan fingerprint density at radius 1 is 1.26 bits per heavy atom. The van der Waals surface area contributed by atoms with Gasteiger partial charge in [-0.1, -0.05) is 30.9 Å². The molecule has 4 nitrogen and oxygen atoms in total. The summed E-state index contributed by atoms with van der Waals surface area (Å²) >= 11 is 0. The molecule has 2 heterocycles. The fraction of sp³-hybridized carbons (Fsp3) is 0.474. The fourth-order valence-electron chi connectivity index (χ4n) is 4.14. The van der Waals surface area contributed by atoms with Crippen LogP contribution >= 0.6 is 0 Å². The van der Waals surface area contributed by atoms with E-state index in [2.05, 4.69) is 21.5 Å². The van der Waals surface area contributed by atoms with Gasteiger partial charge in [-0.05, 0) is 25.0 Å². The van der Waals surface area contributed by atoms with E-state index in [9.17, 15) is 4.79 Å². The number of likely N-dealkylation sites (tertiary alicyclic amines) is 1. The van der Waals surface area contributed by atoms with Gasteiger partial charge in [0.15, 0.2) is 0 Å². The van der Waals surface area contributed by atoms with E-state index in [1.807, 2.05) is 18.2 Å². The number of benzene rings is 1. The number of imidazole rings is 1. The van der Waals surface area contributed by atoms with Gasteiger partial charge < -0.3 is 9.47 Å². The van der Waals surface area contributed by atoms with E-state index in [4.69, 9.17) is 11.4 Å². The molecule has 2 fully saturated rings. The molecule has 4 rings (SSSR count). The van der Waals surface area contributed by atoms with Gasteiger partial charge in [0, 0.05) is 24.9 Å². The summed E-state index contributed by atoms with van der Waals surface area (Å²) in [6, 6.07) is 8.50. The molecule has 1 amide bonds. The minimum absolute atomic E-state index is 0.156. The summed E-state index contributed by atoms with van der Waals surface area (Å²) in [6.07, 6.45) is 10.9. The maximum Gasteiger partial charge on any atom is 0.223 e. The predicted molar refractivity (Wildman–Crippen MR) is 89.9 cm³/mol. The first kappa shape index (κ1) is 14.3. The molecule has 0 N–H and O–H groups in total. The fourth-order valence-corrected chi connectivity index (χ4v) is 4.14. The van der Waals surface area contributed by atoms with Crippen molar-refractivity contribution in [1.82, 2.24) is 14.5 Å². The number of para-hydroxylation sites is 2. The molecule has 1 aliphatic heterocycles. The van der Waals surface area contributed by atoms with Gasteiger partial charge in [0.05, 0.1) is 17.6 Å². The predicted octanol–water partition coefficient (Wildman–Crippen LogP) is 2.93. The topological polar surface area (TPSA) is 38.1 Å². The molecule has 23 heavy (non-hydrogen) atoms. The summed E-state index contributed by atoms with van der Waals surface area (Å²) in [4.78, 5) is 19.4. The number of fused-ring (bicyclic) bond motifs is 1. The van der Waals surface area contributed by atoms with Crippen molar-refractivity contribution >= 4 is 16.9 Å². The van der Waals surface area contributed by atoms with Crippen LogP contribution in [-0.2, 0) is 11.3 Å². The van der Waals surface area contributed by atoms with E-state index in [0.29, 0.717) is 19.0 Å². The van der Waals surface area contributed by atoms with Crippen molar-refractivity contribution in [1.29, 1.82) is 0 Å². The molecule has 1 aromatic carbocycles. The van der Waals surface area contributed by atoms with Gasteiger partial charge in [-0.2, -0.15) is 0 Å². The number of nitrogens with zero attached hydrogens (tertiary/aromatic N) is 3. The average Bonchev–Trinajstić information content (AvgIpc) is 3.26. The molecule has 1 aromatic heterocycles. The Hall–Kier alpha value is -2.28. The van der Waals surface area contributed by atoms with Crippen molar-refractivity contribution in [2.24, 2.45) is 0 Å². The Labute approximate surface area is 136 Å². The van der Waals surface area contributed by atoms with Gasteiger partial charge in [0.2, 0.25) is 5.91 Å². The van der Waals surface area contributed by atoms with Crippen LogP contribution in [0.3, 0.4) is 0 Å². The van der Waals surface area contributed by atoms with Crippen molar-refractivity contribution in [2.75, 3.05) is 6.54 Å². The lowest BCUT2D eigenvalue weighted by atomic mass is 10.1. The quantitative estimate of drug-likeness (QED) is 0.818. The second kappa shape index (κ2) is 5.73. The molecule has 4 heteroatoms. The van der Waals surface area contributed by atoms with Gasteiger partial charge in [-0.25, -0.2) is 4.98 Å². The molecule has 0 bridgehead atoms. The Morgan fingerprint density at radius 3 is 2.83 bits per heavy atom. The van der Waals surface area contributed by atoms with E-state index in [1.165, 1.54) is 12.8 Å². The molecule has 1 atom stereocenters. The average molecular weight is 307 g/mol. The smallest absolute Gasteiger partial charge is 0.223 e. The Bertz CT molecular complexity index is 779. The van der Waals surface area contributed by atoms with Crippen LogP contribution in [-0.4, -0.2) is 32.9 Å². The summed E-state index contributed by atoms with van der Waals surface area (Å²) < 4.78 is 2.10. The van der Waals surface area contributed by atoms with Crippen molar-refractivity contribution < 1.29 is 4.79 Å². The second-order valence-electron chi connectivity index (χ2n) is 6.63. The molecule has 0 radical (unpaired) electrons. The number of carbonyl (C=O) groups excluding carboxylic acids is 1. The van der Waals surface area contributed by atoms with Gasteiger partial charge in [-0.3, -0.25) is 4.79 Å². The number of amides is 1. The van der Waals surface area contributed by atoms with Crippen LogP contribution in [0.5, 0.6) is 0 Å². The van der Waals surface area contributed by atoms with E-state index in [-0.39, 0.29) is 11.8 Å². The number of rotatable bonds is 3. The van der Waals surface area contributed by atoms with Crippen molar-refractivity contribution in [3.8, 4) is 12.3 Å². The second-order valence-corrected chi connectivity index (χ2v) is 6.63. The van der Waals surface area contributed by atoms with Crippen LogP contribution in [0.25, 0.3) is 11.0 Å². The summed E-state index contributed by atoms with van der Waals surface area (Å²) in [5.74, 6) is 4.13. The molecular weight excluding hydrogens is 286 g/mol. The van der Waals surface area contributed by atoms with Crippen LogP contribution in [0.4, 0.5) is 0 Å². The number of hydrogen-bond donors (Lipinski definition) is 0. The molecule has 118 valence electrons. The van der Waals surface area contributed by atoms with Crippen LogP contribution in [0, 0.1) is 12.3 Å². The third kappa shape index (κ3) is 2.41. The molecule has 1 aliphatic carbocycles. The Kier molecular flexibility index (Phi) is 3.57. The summed E-state index contributed by atoms with van der Waals surface area (Å²) in [6.45, 7) is 1.29. The first-order chi connectivity index (χ1) is 11.3. The van der Waals surface area contributed by atoms with Gasteiger partial charge in [0.1, 0.15) is 5.82 Å². The third-order valence-electron chi connectivity index (χ3n) is 5.22. The van der Waals surface area contributed by atoms with Crippen molar-refractivity contribution in [2.45, 2.75) is 50.6 Å². The largest absolute Gasteiger partial charge is 0.339 e. The molecule has 1 saturated heterocycles. The van der Waals surface area contributed by atoms with E-state index in [1.54, 1.807) is 0 Å². The highest BCUT2D eigenvalue weighted by atomic mass is 16.2. The maximum absolute atomic E-state index is 12.5. The molecule has 2 aromatic rings. The lowest BCUT2D eigenvalue weighted by Gasteiger charge is -2.24.